The summed E-state index contributed by atoms with van der Waals surface area (Å²) in [6, 6.07) is 14.1. The molecule has 3 rings (SSSR count). The van der Waals surface area contributed by atoms with Crippen LogP contribution in [0.2, 0.25) is 0 Å². The van der Waals surface area contributed by atoms with Crippen molar-refractivity contribution >= 4 is 29.5 Å². The van der Waals surface area contributed by atoms with Gasteiger partial charge in [0.25, 0.3) is 0 Å². The summed E-state index contributed by atoms with van der Waals surface area (Å²) < 4.78 is 11.2. The monoisotopic (exact) mass is 353 g/mol. The SMILES string of the molecule is Cc1ccc2c(NCc3ccc(P(=O)(O)O)cc3)c(C#N)cnc2c1. The van der Waals surface area contributed by atoms with Crippen LogP contribution in [0.15, 0.2) is 48.7 Å². The molecule has 0 radical (unpaired) electrons. The van der Waals surface area contributed by atoms with Gasteiger partial charge < -0.3 is 15.1 Å². The van der Waals surface area contributed by atoms with Crippen LogP contribution in [-0.2, 0) is 11.1 Å². The smallest absolute Gasteiger partial charge is 0.356 e. The molecule has 0 spiro atoms. The number of nitriles is 1. The number of nitrogens with one attached hydrogen (secondary N) is 1. The number of pyridine rings is 1. The van der Waals surface area contributed by atoms with E-state index in [9.17, 15) is 9.83 Å². The molecule has 25 heavy (non-hydrogen) atoms. The van der Waals surface area contributed by atoms with Gasteiger partial charge in [0.2, 0.25) is 0 Å². The molecular formula is C18H16N3O3P. The van der Waals surface area contributed by atoms with Crippen LogP contribution in [0.25, 0.3) is 10.9 Å². The van der Waals surface area contributed by atoms with Gasteiger partial charge in [0, 0.05) is 18.1 Å². The summed E-state index contributed by atoms with van der Waals surface area (Å²) in [7, 11) is -4.24. The predicted octanol–water partition coefficient (Wildman–Crippen LogP) is 2.83. The summed E-state index contributed by atoms with van der Waals surface area (Å²) in [6.45, 7) is 2.40. The first-order valence-electron chi connectivity index (χ1n) is 7.57. The Hall–Kier alpha value is -2.71. The van der Waals surface area contributed by atoms with Gasteiger partial charge in [-0.1, -0.05) is 24.3 Å². The molecule has 3 aromatic rings. The molecule has 0 unspecified atom stereocenters. The fourth-order valence-electron chi connectivity index (χ4n) is 2.58. The lowest BCUT2D eigenvalue weighted by molar-refractivity contribution is 0.387. The molecular weight excluding hydrogens is 337 g/mol. The third kappa shape index (κ3) is 3.70. The summed E-state index contributed by atoms with van der Waals surface area (Å²) >= 11 is 0. The van der Waals surface area contributed by atoms with Gasteiger partial charge in [-0.05, 0) is 36.2 Å². The van der Waals surface area contributed by atoms with E-state index >= 15 is 0 Å². The van der Waals surface area contributed by atoms with Crippen LogP contribution < -0.4 is 10.6 Å². The first kappa shape index (κ1) is 17.1. The van der Waals surface area contributed by atoms with Crippen LogP contribution in [0.5, 0.6) is 0 Å². The van der Waals surface area contributed by atoms with Crippen molar-refractivity contribution in [1.29, 1.82) is 5.26 Å². The molecule has 0 aliphatic heterocycles. The predicted molar refractivity (Wildman–Crippen MR) is 96.6 cm³/mol. The summed E-state index contributed by atoms with van der Waals surface area (Å²) in [6.07, 6.45) is 1.54. The number of nitrogens with zero attached hydrogens (tertiary/aromatic N) is 2. The van der Waals surface area contributed by atoms with Gasteiger partial charge in [-0.25, -0.2) is 0 Å². The number of hydrogen-bond acceptors (Lipinski definition) is 4. The van der Waals surface area contributed by atoms with E-state index in [0.717, 1.165) is 22.0 Å². The molecule has 3 N–H and O–H groups in total. The Kier molecular flexibility index (Phi) is 4.56. The van der Waals surface area contributed by atoms with E-state index in [1.165, 1.54) is 12.1 Å². The highest BCUT2D eigenvalue weighted by Gasteiger charge is 2.16. The van der Waals surface area contributed by atoms with Crippen molar-refractivity contribution in [2.45, 2.75) is 13.5 Å². The van der Waals surface area contributed by atoms with Crippen molar-refractivity contribution in [2.75, 3.05) is 5.32 Å². The fraction of sp³-hybridized carbons (Fsp3) is 0.111. The highest BCUT2D eigenvalue weighted by atomic mass is 31.2. The van der Waals surface area contributed by atoms with Gasteiger partial charge in [0.15, 0.2) is 0 Å². The van der Waals surface area contributed by atoms with E-state index in [4.69, 9.17) is 9.79 Å². The largest absolute Gasteiger partial charge is 0.379 e. The van der Waals surface area contributed by atoms with Gasteiger partial charge in [0.1, 0.15) is 6.07 Å². The van der Waals surface area contributed by atoms with Gasteiger partial charge in [-0.3, -0.25) is 9.55 Å². The molecule has 0 atom stereocenters. The Bertz CT molecular complexity index is 1020. The molecule has 0 saturated carbocycles. The molecule has 126 valence electrons. The lowest BCUT2D eigenvalue weighted by atomic mass is 10.1. The van der Waals surface area contributed by atoms with Crippen molar-refractivity contribution in [1.82, 2.24) is 4.98 Å². The zero-order valence-electron chi connectivity index (χ0n) is 13.5. The third-order valence-electron chi connectivity index (χ3n) is 3.89. The Morgan fingerprint density at radius 1 is 1.20 bits per heavy atom. The van der Waals surface area contributed by atoms with Crippen LogP contribution in [0, 0.1) is 18.3 Å². The highest BCUT2D eigenvalue weighted by molar-refractivity contribution is 7.60. The molecule has 0 aliphatic rings. The minimum atomic E-state index is -4.24. The van der Waals surface area contributed by atoms with Crippen molar-refractivity contribution in [3.8, 4) is 6.07 Å². The van der Waals surface area contributed by atoms with E-state index in [2.05, 4.69) is 16.4 Å². The van der Waals surface area contributed by atoms with Crippen molar-refractivity contribution in [3.05, 3.63) is 65.4 Å². The summed E-state index contributed by atoms with van der Waals surface area (Å²) in [5, 5.41) is 13.4. The Balaban J connectivity index is 1.90. The first-order chi connectivity index (χ1) is 11.9. The van der Waals surface area contributed by atoms with E-state index < -0.39 is 7.60 Å². The number of aryl methyl sites for hydroxylation is 1. The standard InChI is InChI=1S/C18H16N3O3P/c1-12-2-7-16-17(8-12)20-11-14(9-19)18(16)21-10-13-3-5-15(6-4-13)25(22,23)24/h2-8,11H,10H2,1H3,(H,20,21)(H2,22,23,24). The number of benzene rings is 2. The Morgan fingerprint density at radius 3 is 2.56 bits per heavy atom. The zero-order chi connectivity index (χ0) is 18.0. The maximum absolute atomic E-state index is 11.2. The Labute approximate surface area is 144 Å². The van der Waals surface area contributed by atoms with Crippen molar-refractivity contribution < 1.29 is 14.4 Å². The fourth-order valence-corrected chi connectivity index (χ4v) is 3.11. The van der Waals surface area contributed by atoms with Crippen molar-refractivity contribution in [3.63, 3.8) is 0 Å². The summed E-state index contributed by atoms with van der Waals surface area (Å²) in [5.74, 6) is 0. The van der Waals surface area contributed by atoms with E-state index in [-0.39, 0.29) is 5.30 Å². The molecule has 0 bridgehead atoms. The van der Waals surface area contributed by atoms with E-state index in [1.54, 1.807) is 18.3 Å². The van der Waals surface area contributed by atoms with Crippen LogP contribution in [0.1, 0.15) is 16.7 Å². The lowest BCUT2D eigenvalue weighted by Crippen LogP contribution is -2.06. The molecule has 1 aromatic heterocycles. The number of aromatic nitrogens is 1. The number of fused-ring (bicyclic) bond motifs is 1. The minimum absolute atomic E-state index is 0.0150. The van der Waals surface area contributed by atoms with Crippen molar-refractivity contribution in [2.24, 2.45) is 0 Å². The second-order valence-electron chi connectivity index (χ2n) is 5.74. The number of rotatable bonds is 4. The molecule has 1 heterocycles. The van der Waals surface area contributed by atoms with Crippen LogP contribution in [0.3, 0.4) is 0 Å². The molecule has 0 fully saturated rings. The summed E-state index contributed by atoms with van der Waals surface area (Å²) in [4.78, 5) is 22.6. The van der Waals surface area contributed by atoms with Crippen LogP contribution in [0.4, 0.5) is 5.69 Å². The average molecular weight is 353 g/mol. The molecule has 2 aromatic carbocycles. The molecule has 7 heteroatoms. The molecule has 0 aliphatic carbocycles. The average Bonchev–Trinajstić information content (AvgIpc) is 2.58. The Morgan fingerprint density at radius 2 is 1.92 bits per heavy atom. The third-order valence-corrected chi connectivity index (χ3v) is 4.86. The number of hydrogen-bond donors (Lipinski definition) is 3. The molecule has 0 saturated heterocycles. The van der Waals surface area contributed by atoms with Gasteiger partial charge in [-0.2, -0.15) is 5.26 Å². The zero-order valence-corrected chi connectivity index (χ0v) is 14.4. The van der Waals surface area contributed by atoms with Gasteiger partial charge >= 0.3 is 7.60 Å². The topological polar surface area (TPSA) is 106 Å². The second-order valence-corrected chi connectivity index (χ2v) is 7.35. The second kappa shape index (κ2) is 6.66. The van der Waals surface area contributed by atoms with Crippen LogP contribution in [-0.4, -0.2) is 14.8 Å². The minimum Gasteiger partial charge on any atom is -0.379 e. The summed E-state index contributed by atoms with van der Waals surface area (Å²) in [5.41, 5.74) is 3.88. The van der Waals surface area contributed by atoms with Gasteiger partial charge in [0.05, 0.1) is 22.1 Å². The van der Waals surface area contributed by atoms with E-state index in [0.29, 0.717) is 17.8 Å². The quantitative estimate of drug-likeness (QED) is 0.623. The lowest BCUT2D eigenvalue weighted by Gasteiger charge is -2.12. The maximum atomic E-state index is 11.2. The molecule has 0 amide bonds. The first-order valence-corrected chi connectivity index (χ1v) is 9.18. The van der Waals surface area contributed by atoms with Crippen LogP contribution >= 0.6 is 7.60 Å². The normalized spacial score (nSPS) is 11.3. The highest BCUT2D eigenvalue weighted by Crippen LogP contribution is 2.33. The maximum Gasteiger partial charge on any atom is 0.356 e. The molecule has 6 nitrogen and oxygen atoms in total. The van der Waals surface area contributed by atoms with E-state index in [1.807, 2.05) is 25.1 Å². The van der Waals surface area contributed by atoms with Gasteiger partial charge in [-0.15, -0.1) is 0 Å². The number of anilines is 1.